The highest BCUT2D eigenvalue weighted by Gasteiger charge is 2.35. The van der Waals surface area contributed by atoms with Gasteiger partial charge in [0.15, 0.2) is 0 Å². The molecule has 0 aromatic heterocycles. The maximum Gasteiger partial charge on any atom is 0.0806 e. The monoisotopic (exact) mass is 125 g/mol. The predicted molar refractivity (Wildman–Crippen MR) is 35.0 cm³/mol. The summed E-state index contributed by atoms with van der Waals surface area (Å²) in [4.78, 5) is 0. The molecule has 0 spiro atoms. The second-order valence-electron chi connectivity index (χ2n) is 2.76. The zero-order valence-corrected chi connectivity index (χ0v) is 5.29. The van der Waals surface area contributed by atoms with Crippen molar-refractivity contribution in [1.29, 1.82) is 0 Å². The first kappa shape index (κ1) is 5.45. The summed E-state index contributed by atoms with van der Waals surface area (Å²) in [5, 5.41) is 0. The van der Waals surface area contributed by atoms with Crippen LogP contribution in [0.4, 0.5) is 0 Å². The van der Waals surface area contributed by atoms with Gasteiger partial charge in [-0.15, -0.1) is 0 Å². The van der Waals surface area contributed by atoms with Crippen LogP contribution in [0, 0.1) is 5.92 Å². The van der Waals surface area contributed by atoms with Crippen LogP contribution in [0.1, 0.15) is 6.42 Å². The number of hydrogen-bond acceptors (Lipinski definition) is 2. The molecule has 0 saturated carbocycles. The molecule has 2 N–H and O–H groups in total. The fourth-order valence-electron chi connectivity index (χ4n) is 1.59. The third-order valence-electron chi connectivity index (χ3n) is 2.15. The lowest BCUT2D eigenvalue weighted by molar-refractivity contribution is 0.110. The summed E-state index contributed by atoms with van der Waals surface area (Å²) < 4.78 is 5.48. The van der Waals surface area contributed by atoms with Crippen LogP contribution < -0.4 is 5.73 Å². The molecule has 2 aliphatic heterocycles. The Kier molecular flexibility index (Phi) is 1.10. The first-order chi connectivity index (χ1) is 4.40. The molecule has 2 heteroatoms. The van der Waals surface area contributed by atoms with E-state index in [4.69, 9.17) is 10.5 Å². The van der Waals surface area contributed by atoms with Crippen molar-refractivity contribution in [3.8, 4) is 0 Å². The molecular formula is C7H11NO. The van der Waals surface area contributed by atoms with Crippen molar-refractivity contribution in [3.63, 3.8) is 0 Å². The van der Waals surface area contributed by atoms with Crippen molar-refractivity contribution < 1.29 is 4.74 Å². The van der Waals surface area contributed by atoms with Crippen molar-refractivity contribution in [2.75, 3.05) is 6.54 Å². The Bertz CT molecular complexity index is 144. The molecule has 1 saturated heterocycles. The third-order valence-corrected chi connectivity index (χ3v) is 2.15. The summed E-state index contributed by atoms with van der Waals surface area (Å²) in [5.41, 5.74) is 5.51. The summed E-state index contributed by atoms with van der Waals surface area (Å²) in [6, 6.07) is 0. The smallest absolute Gasteiger partial charge is 0.0806 e. The molecule has 1 fully saturated rings. The normalized spacial score (nSPS) is 46.6. The predicted octanol–water partition coefficient (Wildman–Crippen LogP) is 0.289. The average Bonchev–Trinajstić information content (AvgIpc) is 2.45. The standard InChI is InChI=1S/C7H11NO/c8-4-5-3-6-1-2-7(5)9-6/h1-2,5-7H,3-4,8H2/t5-,6?,7?/m1/s1. The molecule has 2 heterocycles. The molecular weight excluding hydrogens is 114 g/mol. The van der Waals surface area contributed by atoms with E-state index < -0.39 is 0 Å². The van der Waals surface area contributed by atoms with Gasteiger partial charge in [0.05, 0.1) is 12.2 Å². The Morgan fingerprint density at radius 2 is 2.44 bits per heavy atom. The Labute approximate surface area is 54.7 Å². The minimum atomic E-state index is 0.347. The molecule has 3 atom stereocenters. The van der Waals surface area contributed by atoms with E-state index in [1.165, 1.54) is 0 Å². The maximum atomic E-state index is 5.51. The summed E-state index contributed by atoms with van der Waals surface area (Å²) in [6.07, 6.45) is 6.14. The second kappa shape index (κ2) is 1.82. The third kappa shape index (κ3) is 0.705. The highest BCUT2D eigenvalue weighted by Crippen LogP contribution is 2.32. The molecule has 50 valence electrons. The Morgan fingerprint density at radius 1 is 1.56 bits per heavy atom. The van der Waals surface area contributed by atoms with E-state index >= 15 is 0 Å². The summed E-state index contributed by atoms with van der Waals surface area (Å²) in [5.74, 6) is 0.597. The number of nitrogens with two attached hydrogens (primary N) is 1. The molecule has 0 aromatic rings. The van der Waals surface area contributed by atoms with Gasteiger partial charge >= 0.3 is 0 Å². The zero-order valence-electron chi connectivity index (χ0n) is 5.29. The molecule has 0 amide bonds. The topological polar surface area (TPSA) is 35.2 Å². The van der Waals surface area contributed by atoms with Gasteiger partial charge in [0.1, 0.15) is 0 Å². The van der Waals surface area contributed by atoms with Gasteiger partial charge in [-0.25, -0.2) is 0 Å². The van der Waals surface area contributed by atoms with Gasteiger partial charge in [0, 0.05) is 5.92 Å². The molecule has 0 aliphatic carbocycles. The molecule has 2 bridgehead atoms. The van der Waals surface area contributed by atoms with Crippen molar-refractivity contribution >= 4 is 0 Å². The lowest BCUT2D eigenvalue weighted by Gasteiger charge is -2.10. The van der Waals surface area contributed by atoms with Crippen molar-refractivity contribution in [1.82, 2.24) is 0 Å². The fraction of sp³-hybridized carbons (Fsp3) is 0.714. The van der Waals surface area contributed by atoms with E-state index in [1.54, 1.807) is 0 Å². The minimum Gasteiger partial charge on any atom is -0.367 e. The van der Waals surface area contributed by atoms with Crippen LogP contribution in [0.3, 0.4) is 0 Å². The molecule has 2 nitrogen and oxygen atoms in total. The van der Waals surface area contributed by atoms with E-state index in [2.05, 4.69) is 12.2 Å². The minimum absolute atomic E-state index is 0.347. The van der Waals surface area contributed by atoms with Crippen LogP contribution in [0.25, 0.3) is 0 Å². The van der Waals surface area contributed by atoms with Gasteiger partial charge in [-0.1, -0.05) is 12.2 Å². The van der Waals surface area contributed by atoms with Crippen LogP contribution in [-0.4, -0.2) is 18.8 Å². The lowest BCUT2D eigenvalue weighted by Crippen LogP contribution is -2.22. The first-order valence-corrected chi connectivity index (χ1v) is 3.44. The van der Waals surface area contributed by atoms with Gasteiger partial charge < -0.3 is 10.5 Å². The molecule has 2 rings (SSSR count). The quantitative estimate of drug-likeness (QED) is 0.511. The van der Waals surface area contributed by atoms with Crippen LogP contribution in [0.5, 0.6) is 0 Å². The fourth-order valence-corrected chi connectivity index (χ4v) is 1.59. The maximum absolute atomic E-state index is 5.51. The summed E-state index contributed by atoms with van der Waals surface area (Å²) in [7, 11) is 0. The number of ether oxygens (including phenoxy) is 1. The van der Waals surface area contributed by atoms with Gasteiger partial charge in [-0.05, 0) is 13.0 Å². The van der Waals surface area contributed by atoms with Gasteiger partial charge in [-0.2, -0.15) is 0 Å². The number of rotatable bonds is 1. The average molecular weight is 125 g/mol. The highest BCUT2D eigenvalue weighted by atomic mass is 16.5. The van der Waals surface area contributed by atoms with Gasteiger partial charge in [-0.3, -0.25) is 0 Å². The van der Waals surface area contributed by atoms with E-state index in [1.807, 2.05) is 0 Å². The van der Waals surface area contributed by atoms with Gasteiger partial charge in [0.2, 0.25) is 0 Å². The Balaban J connectivity index is 2.10. The van der Waals surface area contributed by atoms with Crippen LogP contribution >= 0.6 is 0 Å². The van der Waals surface area contributed by atoms with Crippen LogP contribution in [-0.2, 0) is 4.74 Å². The molecule has 0 radical (unpaired) electrons. The largest absolute Gasteiger partial charge is 0.367 e. The van der Waals surface area contributed by atoms with E-state index in [0.717, 1.165) is 13.0 Å². The van der Waals surface area contributed by atoms with Crippen molar-refractivity contribution in [2.45, 2.75) is 18.6 Å². The summed E-state index contributed by atoms with van der Waals surface area (Å²) >= 11 is 0. The molecule has 0 aromatic carbocycles. The number of hydrogen-bond donors (Lipinski definition) is 1. The molecule has 9 heavy (non-hydrogen) atoms. The second-order valence-corrected chi connectivity index (χ2v) is 2.76. The van der Waals surface area contributed by atoms with Gasteiger partial charge in [0.25, 0.3) is 0 Å². The van der Waals surface area contributed by atoms with E-state index in [-0.39, 0.29) is 0 Å². The van der Waals surface area contributed by atoms with Crippen molar-refractivity contribution in [2.24, 2.45) is 11.7 Å². The first-order valence-electron chi connectivity index (χ1n) is 3.44. The zero-order chi connectivity index (χ0) is 6.27. The van der Waals surface area contributed by atoms with Crippen LogP contribution in [0.2, 0.25) is 0 Å². The Morgan fingerprint density at radius 3 is 2.78 bits per heavy atom. The van der Waals surface area contributed by atoms with E-state index in [9.17, 15) is 0 Å². The highest BCUT2D eigenvalue weighted by molar-refractivity contribution is 5.10. The molecule has 2 unspecified atom stereocenters. The molecule has 2 aliphatic rings. The van der Waals surface area contributed by atoms with Crippen molar-refractivity contribution in [3.05, 3.63) is 12.2 Å². The van der Waals surface area contributed by atoms with E-state index in [0.29, 0.717) is 18.1 Å². The number of fused-ring (bicyclic) bond motifs is 2. The summed E-state index contributed by atoms with van der Waals surface area (Å²) in [6.45, 7) is 0.769. The lowest BCUT2D eigenvalue weighted by atomic mass is 9.95. The Hall–Kier alpha value is -0.340. The van der Waals surface area contributed by atoms with Crippen LogP contribution in [0.15, 0.2) is 12.2 Å². The SMILES string of the molecule is NC[C@H]1CC2C=CC1O2.